The summed E-state index contributed by atoms with van der Waals surface area (Å²) >= 11 is 0. The van der Waals surface area contributed by atoms with Crippen molar-refractivity contribution in [3.63, 3.8) is 0 Å². The van der Waals surface area contributed by atoms with Crippen LogP contribution in [-0.4, -0.2) is 11.6 Å². The fraction of sp³-hybridized carbons (Fsp3) is 0.450. The Morgan fingerprint density at radius 1 is 0.667 bits per heavy atom. The Labute approximate surface area is 256 Å². The van der Waals surface area contributed by atoms with Crippen LogP contribution in [-0.2, 0) is 9.59 Å². The van der Waals surface area contributed by atoms with E-state index >= 15 is 0 Å². The van der Waals surface area contributed by atoms with E-state index in [-0.39, 0.29) is 22.4 Å². The van der Waals surface area contributed by atoms with Gasteiger partial charge in [-0.25, -0.2) is 0 Å². The fourth-order valence-corrected chi connectivity index (χ4v) is 5.76. The van der Waals surface area contributed by atoms with Gasteiger partial charge in [0.15, 0.2) is 5.78 Å². The maximum absolute atomic E-state index is 12.9. The largest absolute Gasteiger partial charge is 0.300 e. The van der Waals surface area contributed by atoms with Crippen LogP contribution in [0.1, 0.15) is 101 Å². The van der Waals surface area contributed by atoms with Gasteiger partial charge < -0.3 is 0 Å². The molecule has 1 saturated carbocycles. The number of rotatable bonds is 11. The number of hydrogen-bond donors (Lipinski definition) is 0. The van der Waals surface area contributed by atoms with Gasteiger partial charge in [0.1, 0.15) is 5.78 Å². The summed E-state index contributed by atoms with van der Waals surface area (Å²) in [4.78, 5) is 24.9. The summed E-state index contributed by atoms with van der Waals surface area (Å²) in [5.74, 6) is 0.208. The third-order valence-electron chi connectivity index (χ3n) is 9.05. The zero-order valence-electron chi connectivity index (χ0n) is 27.9. The van der Waals surface area contributed by atoms with Crippen molar-refractivity contribution in [1.82, 2.24) is 0 Å². The average molecular weight is 567 g/mol. The van der Waals surface area contributed by atoms with E-state index in [2.05, 4.69) is 90.2 Å². The van der Waals surface area contributed by atoms with E-state index in [0.29, 0.717) is 12.8 Å². The van der Waals surface area contributed by atoms with Crippen LogP contribution in [0.4, 0.5) is 0 Å². The minimum absolute atomic E-state index is 0.0317. The molecule has 1 fully saturated rings. The average Bonchev–Trinajstić information content (AvgIpc) is 3.10. The first-order valence-corrected chi connectivity index (χ1v) is 15.4. The number of Topliss-reactive ketones (excluding diaryl/α,β-unsaturated/α-hetero) is 1. The van der Waals surface area contributed by atoms with Gasteiger partial charge in [0.05, 0.1) is 0 Å². The second kappa shape index (κ2) is 15.3. The van der Waals surface area contributed by atoms with Gasteiger partial charge in [-0.3, -0.25) is 9.59 Å². The molecule has 0 spiro atoms. The van der Waals surface area contributed by atoms with Crippen LogP contribution in [0.2, 0.25) is 0 Å². The molecule has 0 amide bonds. The summed E-state index contributed by atoms with van der Waals surface area (Å²) in [6, 6.07) is 0. The van der Waals surface area contributed by atoms with Crippen molar-refractivity contribution >= 4 is 11.6 Å². The molecule has 0 aromatic heterocycles. The lowest BCUT2D eigenvalue weighted by Crippen LogP contribution is -2.36. The molecule has 226 valence electrons. The number of carbonyl (C=O) groups is 2. The molecule has 0 bridgehead atoms. The van der Waals surface area contributed by atoms with Crippen LogP contribution < -0.4 is 0 Å². The molecule has 0 heterocycles. The number of allylic oxidation sites excluding steroid dienone is 20. The summed E-state index contributed by atoms with van der Waals surface area (Å²) < 4.78 is 0. The molecule has 42 heavy (non-hydrogen) atoms. The predicted octanol–water partition coefficient (Wildman–Crippen LogP) is 11.0. The Kier molecular flexibility index (Phi) is 12.7. The monoisotopic (exact) mass is 566 g/mol. The van der Waals surface area contributed by atoms with Crippen molar-refractivity contribution in [1.29, 1.82) is 0 Å². The highest BCUT2D eigenvalue weighted by atomic mass is 16.1. The van der Waals surface area contributed by atoms with Gasteiger partial charge in [0.2, 0.25) is 0 Å². The molecule has 1 atom stereocenters. The molecule has 0 N–H and O–H groups in total. The van der Waals surface area contributed by atoms with Crippen molar-refractivity contribution in [2.24, 2.45) is 16.2 Å². The van der Waals surface area contributed by atoms with E-state index in [1.54, 1.807) is 6.08 Å². The summed E-state index contributed by atoms with van der Waals surface area (Å²) in [5, 5.41) is 0. The Morgan fingerprint density at radius 3 is 1.67 bits per heavy atom. The SMILES string of the molecule is CC1=C(/C=C/C(C)=C/C=C/C(C)=C/C=C/C=C(C)/C=C/C=C(C)/C=C/C(=O)[C@]2(C)CC(=O)CC2(C)C)C(C)(C)CCC1. The molecule has 2 aliphatic carbocycles. The van der Waals surface area contributed by atoms with Gasteiger partial charge in [-0.2, -0.15) is 0 Å². The number of carbonyl (C=O) groups excluding carboxylic acids is 2. The quantitative estimate of drug-likeness (QED) is 0.184. The predicted molar refractivity (Wildman–Crippen MR) is 182 cm³/mol. The highest BCUT2D eigenvalue weighted by molar-refractivity contribution is 6.01. The third kappa shape index (κ3) is 10.2. The van der Waals surface area contributed by atoms with Crippen LogP contribution in [0.5, 0.6) is 0 Å². The lowest BCUT2D eigenvalue weighted by Gasteiger charge is -2.35. The van der Waals surface area contributed by atoms with Crippen molar-refractivity contribution < 1.29 is 9.59 Å². The minimum Gasteiger partial charge on any atom is -0.300 e. The van der Waals surface area contributed by atoms with Crippen LogP contribution in [0, 0.1) is 16.2 Å². The summed E-state index contributed by atoms with van der Waals surface area (Å²) in [6.45, 7) is 21.2. The lowest BCUT2D eigenvalue weighted by atomic mass is 9.66. The number of ketones is 2. The molecule has 2 heteroatoms. The van der Waals surface area contributed by atoms with Crippen molar-refractivity contribution in [3.05, 3.63) is 119 Å². The molecule has 0 aliphatic heterocycles. The first-order chi connectivity index (χ1) is 19.6. The zero-order chi connectivity index (χ0) is 31.6. The van der Waals surface area contributed by atoms with E-state index < -0.39 is 5.41 Å². The second-order valence-corrected chi connectivity index (χ2v) is 13.8. The zero-order valence-corrected chi connectivity index (χ0v) is 27.9. The second-order valence-electron chi connectivity index (χ2n) is 13.8. The Hall–Kier alpha value is -3.26. The van der Waals surface area contributed by atoms with Crippen LogP contribution >= 0.6 is 0 Å². The third-order valence-corrected chi connectivity index (χ3v) is 9.05. The summed E-state index contributed by atoms with van der Waals surface area (Å²) in [5.41, 5.74) is 6.92. The van der Waals surface area contributed by atoms with Crippen LogP contribution in [0.3, 0.4) is 0 Å². The van der Waals surface area contributed by atoms with Gasteiger partial charge >= 0.3 is 0 Å². The summed E-state index contributed by atoms with van der Waals surface area (Å²) in [7, 11) is 0. The Balaban J connectivity index is 1.88. The highest BCUT2D eigenvalue weighted by Gasteiger charge is 2.52. The molecular formula is C40H54O2. The fourth-order valence-electron chi connectivity index (χ4n) is 5.76. The molecule has 0 unspecified atom stereocenters. The van der Waals surface area contributed by atoms with Crippen molar-refractivity contribution in [2.45, 2.75) is 101 Å². The van der Waals surface area contributed by atoms with Gasteiger partial charge in [-0.15, -0.1) is 0 Å². The maximum Gasteiger partial charge on any atom is 0.162 e. The molecule has 0 saturated heterocycles. The number of hydrogen-bond acceptors (Lipinski definition) is 2. The van der Waals surface area contributed by atoms with E-state index in [1.807, 2.05) is 58.1 Å². The molecule has 0 aromatic rings. The molecule has 2 nitrogen and oxygen atoms in total. The topological polar surface area (TPSA) is 34.1 Å². The summed E-state index contributed by atoms with van der Waals surface area (Å²) in [6.07, 6.45) is 33.3. The first kappa shape index (κ1) is 34.9. The minimum atomic E-state index is -0.624. The molecule has 0 aromatic carbocycles. The van der Waals surface area contributed by atoms with E-state index in [9.17, 15) is 9.59 Å². The first-order valence-electron chi connectivity index (χ1n) is 15.4. The van der Waals surface area contributed by atoms with Crippen LogP contribution in [0.25, 0.3) is 0 Å². The smallest absolute Gasteiger partial charge is 0.162 e. The highest BCUT2D eigenvalue weighted by Crippen LogP contribution is 2.51. The lowest BCUT2D eigenvalue weighted by molar-refractivity contribution is -0.128. The molecule has 2 aliphatic rings. The van der Waals surface area contributed by atoms with Gasteiger partial charge in [-0.1, -0.05) is 141 Å². The maximum atomic E-state index is 12.9. The van der Waals surface area contributed by atoms with E-state index in [4.69, 9.17) is 0 Å². The molecule has 0 radical (unpaired) electrons. The van der Waals surface area contributed by atoms with Gasteiger partial charge in [0, 0.05) is 18.3 Å². The van der Waals surface area contributed by atoms with Crippen LogP contribution in [0.15, 0.2) is 119 Å². The van der Waals surface area contributed by atoms with E-state index in [1.165, 1.54) is 41.6 Å². The van der Waals surface area contributed by atoms with Crippen molar-refractivity contribution in [2.75, 3.05) is 0 Å². The Bertz CT molecular complexity index is 1320. The van der Waals surface area contributed by atoms with Gasteiger partial charge in [-0.05, 0) is 76.4 Å². The van der Waals surface area contributed by atoms with Crippen molar-refractivity contribution in [3.8, 4) is 0 Å². The standard InChI is InChI=1S/C40H54O2/c1-30(18-13-20-32(3)23-25-36-34(5)22-15-27-38(36,6)7)16-11-12-17-31(2)19-14-21-33(4)24-26-37(42)40(10)29-35(41)28-39(40,8)9/h11-14,16-21,23-26H,15,22,27-29H2,1-10H3/b12-11+,18-13+,19-14+,25-23+,26-24+,30-16+,31-17+,32-20+,33-21+/t40-/m0/s1. The van der Waals surface area contributed by atoms with Gasteiger partial charge in [0.25, 0.3) is 0 Å². The molecular weight excluding hydrogens is 512 g/mol. The Morgan fingerprint density at radius 2 is 1.17 bits per heavy atom. The van der Waals surface area contributed by atoms with E-state index in [0.717, 1.165) is 11.1 Å². The molecule has 2 rings (SSSR count). The normalized spacial score (nSPS) is 24.6.